The molecule has 0 unspecified atom stereocenters. The van der Waals surface area contributed by atoms with Gasteiger partial charge < -0.3 is 15.4 Å². The minimum Gasteiger partial charge on any atom is -0.496 e. The van der Waals surface area contributed by atoms with Crippen LogP contribution in [0.1, 0.15) is 32.3 Å². The number of amides is 1. The predicted molar refractivity (Wildman–Crippen MR) is 84.3 cm³/mol. The molecule has 0 bridgehead atoms. The summed E-state index contributed by atoms with van der Waals surface area (Å²) in [6.07, 6.45) is 2.48. The van der Waals surface area contributed by atoms with E-state index in [9.17, 15) is 4.79 Å². The third-order valence-electron chi connectivity index (χ3n) is 4.23. The van der Waals surface area contributed by atoms with Crippen LogP contribution in [-0.2, 0) is 11.2 Å². The maximum atomic E-state index is 12.8. The topological polar surface area (TPSA) is 55.6 Å². The van der Waals surface area contributed by atoms with Crippen LogP contribution < -0.4 is 10.5 Å². The zero-order valence-electron chi connectivity index (χ0n) is 13.3. The minimum absolute atomic E-state index is 0.209. The lowest BCUT2D eigenvalue weighted by Crippen LogP contribution is -2.48. The molecule has 1 amide bonds. The molecule has 1 aliphatic rings. The Morgan fingerprint density at radius 1 is 1.33 bits per heavy atom. The average Bonchev–Trinajstić information content (AvgIpc) is 2.47. The van der Waals surface area contributed by atoms with E-state index in [-0.39, 0.29) is 11.9 Å². The van der Waals surface area contributed by atoms with Crippen LogP contribution in [0.3, 0.4) is 0 Å². The van der Waals surface area contributed by atoms with E-state index in [2.05, 4.69) is 0 Å². The number of likely N-dealkylation sites (tertiary alicyclic amines) is 1. The molecular weight excluding hydrogens is 264 g/mol. The first-order valence-electron chi connectivity index (χ1n) is 7.61. The highest BCUT2D eigenvalue weighted by atomic mass is 16.5. The first kappa shape index (κ1) is 15.8. The number of hydrogen-bond acceptors (Lipinski definition) is 3. The molecule has 1 fully saturated rings. The quantitative estimate of drug-likeness (QED) is 0.925. The van der Waals surface area contributed by atoms with Gasteiger partial charge in [0.2, 0.25) is 5.91 Å². The Labute approximate surface area is 127 Å². The second-order valence-electron chi connectivity index (χ2n) is 6.50. The van der Waals surface area contributed by atoms with Crippen molar-refractivity contribution in [3.63, 3.8) is 0 Å². The summed E-state index contributed by atoms with van der Waals surface area (Å²) in [5.41, 5.74) is 6.55. The molecule has 1 aromatic rings. The third-order valence-corrected chi connectivity index (χ3v) is 4.23. The van der Waals surface area contributed by atoms with Crippen LogP contribution in [0, 0.1) is 5.41 Å². The molecule has 0 radical (unpaired) electrons. The molecule has 0 atom stereocenters. The van der Waals surface area contributed by atoms with Crippen molar-refractivity contribution in [2.75, 3.05) is 20.2 Å². The standard InChI is InChI=1S/C17H26N2O2/c1-17(2,12-13-6-4-5-7-15(13)21-3)16(20)19-10-8-14(18)9-11-19/h4-7,14H,8-12,18H2,1-3H3. The Morgan fingerprint density at radius 2 is 1.95 bits per heavy atom. The summed E-state index contributed by atoms with van der Waals surface area (Å²) in [6.45, 7) is 5.57. The Hall–Kier alpha value is -1.55. The van der Waals surface area contributed by atoms with E-state index in [1.165, 1.54) is 0 Å². The SMILES string of the molecule is COc1ccccc1CC(C)(C)C(=O)N1CCC(N)CC1. The van der Waals surface area contributed by atoms with Gasteiger partial charge in [0.1, 0.15) is 5.75 Å². The number of nitrogens with two attached hydrogens (primary N) is 1. The lowest BCUT2D eigenvalue weighted by atomic mass is 9.83. The first-order valence-corrected chi connectivity index (χ1v) is 7.61. The Kier molecular flexibility index (Phi) is 4.88. The van der Waals surface area contributed by atoms with Crippen molar-refractivity contribution in [3.8, 4) is 5.75 Å². The van der Waals surface area contributed by atoms with E-state index in [4.69, 9.17) is 10.5 Å². The number of benzene rings is 1. The molecule has 4 nitrogen and oxygen atoms in total. The molecule has 1 aromatic carbocycles. The molecule has 1 heterocycles. The number of hydrogen-bond donors (Lipinski definition) is 1. The molecule has 2 N–H and O–H groups in total. The second kappa shape index (κ2) is 6.48. The fourth-order valence-electron chi connectivity index (χ4n) is 2.93. The largest absolute Gasteiger partial charge is 0.496 e. The van der Waals surface area contributed by atoms with Gasteiger partial charge in [-0.3, -0.25) is 4.79 Å². The van der Waals surface area contributed by atoms with Gasteiger partial charge in [-0.2, -0.15) is 0 Å². The molecule has 21 heavy (non-hydrogen) atoms. The molecule has 0 aromatic heterocycles. The number of para-hydroxylation sites is 1. The first-order chi connectivity index (χ1) is 9.94. The summed E-state index contributed by atoms with van der Waals surface area (Å²) in [5, 5.41) is 0. The lowest BCUT2D eigenvalue weighted by molar-refractivity contribution is -0.141. The molecule has 116 valence electrons. The number of carbonyl (C=O) groups is 1. The third kappa shape index (κ3) is 3.76. The van der Waals surface area contributed by atoms with Crippen molar-refractivity contribution in [2.24, 2.45) is 11.1 Å². The van der Waals surface area contributed by atoms with Gasteiger partial charge in [0.15, 0.2) is 0 Å². The van der Waals surface area contributed by atoms with E-state index >= 15 is 0 Å². The fourth-order valence-corrected chi connectivity index (χ4v) is 2.93. The van der Waals surface area contributed by atoms with Crippen molar-refractivity contribution in [1.29, 1.82) is 0 Å². The second-order valence-corrected chi connectivity index (χ2v) is 6.50. The zero-order chi connectivity index (χ0) is 15.5. The van der Waals surface area contributed by atoms with Crippen molar-refractivity contribution in [3.05, 3.63) is 29.8 Å². The van der Waals surface area contributed by atoms with E-state index in [1.807, 2.05) is 43.0 Å². The fraction of sp³-hybridized carbons (Fsp3) is 0.588. The van der Waals surface area contributed by atoms with Gasteiger partial charge in [-0.25, -0.2) is 0 Å². The summed E-state index contributed by atoms with van der Waals surface area (Å²) in [7, 11) is 1.67. The molecular formula is C17H26N2O2. The summed E-state index contributed by atoms with van der Waals surface area (Å²) >= 11 is 0. The van der Waals surface area contributed by atoms with Crippen LogP contribution in [0.15, 0.2) is 24.3 Å². The van der Waals surface area contributed by atoms with E-state index in [0.717, 1.165) is 37.2 Å². The van der Waals surface area contributed by atoms with Crippen LogP contribution in [-0.4, -0.2) is 37.0 Å². The van der Waals surface area contributed by atoms with Gasteiger partial charge >= 0.3 is 0 Å². The van der Waals surface area contributed by atoms with Gasteiger partial charge in [-0.05, 0) is 30.9 Å². The number of methoxy groups -OCH3 is 1. The highest BCUT2D eigenvalue weighted by molar-refractivity contribution is 5.82. The van der Waals surface area contributed by atoms with Gasteiger partial charge in [-0.15, -0.1) is 0 Å². The molecule has 4 heteroatoms. The Bertz CT molecular complexity index is 491. The van der Waals surface area contributed by atoms with Crippen LogP contribution in [0.25, 0.3) is 0 Å². The van der Waals surface area contributed by atoms with Crippen molar-refractivity contribution in [1.82, 2.24) is 4.90 Å². The Balaban J connectivity index is 2.08. The van der Waals surface area contributed by atoms with Gasteiger partial charge in [0, 0.05) is 24.5 Å². The molecule has 0 saturated carbocycles. The van der Waals surface area contributed by atoms with Gasteiger partial charge in [0.25, 0.3) is 0 Å². The monoisotopic (exact) mass is 290 g/mol. The molecule has 1 aliphatic heterocycles. The van der Waals surface area contributed by atoms with Crippen LogP contribution in [0.5, 0.6) is 5.75 Å². The number of rotatable bonds is 4. The van der Waals surface area contributed by atoms with Crippen LogP contribution in [0.2, 0.25) is 0 Å². The maximum absolute atomic E-state index is 12.8. The van der Waals surface area contributed by atoms with Crippen molar-refractivity contribution >= 4 is 5.91 Å². The smallest absolute Gasteiger partial charge is 0.228 e. The highest BCUT2D eigenvalue weighted by Gasteiger charge is 2.34. The molecule has 1 saturated heterocycles. The highest BCUT2D eigenvalue weighted by Crippen LogP contribution is 2.30. The molecule has 2 rings (SSSR count). The summed E-state index contributed by atoms with van der Waals surface area (Å²) in [5.74, 6) is 1.05. The van der Waals surface area contributed by atoms with Gasteiger partial charge in [-0.1, -0.05) is 32.0 Å². The molecule has 0 spiro atoms. The van der Waals surface area contributed by atoms with Crippen molar-refractivity contribution in [2.45, 2.75) is 39.2 Å². The number of nitrogens with zero attached hydrogens (tertiary/aromatic N) is 1. The summed E-state index contributed by atoms with van der Waals surface area (Å²) in [4.78, 5) is 14.7. The van der Waals surface area contributed by atoms with Gasteiger partial charge in [0.05, 0.1) is 7.11 Å². The van der Waals surface area contributed by atoms with E-state index in [0.29, 0.717) is 6.42 Å². The zero-order valence-corrected chi connectivity index (χ0v) is 13.3. The lowest BCUT2D eigenvalue weighted by Gasteiger charge is -2.36. The predicted octanol–water partition coefficient (Wildman–Crippen LogP) is 2.21. The van der Waals surface area contributed by atoms with Crippen LogP contribution >= 0.6 is 0 Å². The maximum Gasteiger partial charge on any atom is 0.228 e. The Morgan fingerprint density at radius 3 is 2.57 bits per heavy atom. The minimum atomic E-state index is -0.434. The molecule has 0 aliphatic carbocycles. The van der Waals surface area contributed by atoms with E-state index < -0.39 is 5.41 Å². The number of piperidine rings is 1. The number of ether oxygens (including phenoxy) is 1. The van der Waals surface area contributed by atoms with Crippen LogP contribution in [0.4, 0.5) is 0 Å². The number of carbonyl (C=O) groups excluding carboxylic acids is 1. The van der Waals surface area contributed by atoms with E-state index in [1.54, 1.807) is 7.11 Å². The normalized spacial score (nSPS) is 16.9. The average molecular weight is 290 g/mol. The summed E-state index contributed by atoms with van der Waals surface area (Å²) < 4.78 is 5.39. The summed E-state index contributed by atoms with van der Waals surface area (Å²) in [6, 6.07) is 8.14. The van der Waals surface area contributed by atoms with Crippen molar-refractivity contribution < 1.29 is 9.53 Å².